The summed E-state index contributed by atoms with van der Waals surface area (Å²) in [5.41, 5.74) is 1.40. The fraction of sp³-hybridized carbons (Fsp3) is 0.300. The van der Waals surface area contributed by atoms with Crippen molar-refractivity contribution in [1.29, 1.82) is 0 Å². The lowest BCUT2D eigenvalue weighted by Gasteiger charge is -2.36. The van der Waals surface area contributed by atoms with Crippen LogP contribution in [0.4, 0.5) is 11.6 Å². The van der Waals surface area contributed by atoms with Crippen LogP contribution in [0.1, 0.15) is 5.56 Å². The number of nitrogens with one attached hydrogen (secondary N) is 2. The van der Waals surface area contributed by atoms with Gasteiger partial charge in [0.15, 0.2) is 5.96 Å². The summed E-state index contributed by atoms with van der Waals surface area (Å²) in [6.45, 7) is 3.23. The van der Waals surface area contributed by atoms with Crippen LogP contribution in [0.15, 0.2) is 47.7 Å². The average molecular weight is 377 g/mol. The van der Waals surface area contributed by atoms with Crippen molar-refractivity contribution in [2.24, 2.45) is 4.99 Å². The molecule has 1 amide bonds. The highest BCUT2D eigenvalue weighted by atomic mass is 16.1. The van der Waals surface area contributed by atoms with Gasteiger partial charge < -0.3 is 20.4 Å². The fourth-order valence-corrected chi connectivity index (χ4v) is 2.96. The Bertz CT molecular complexity index is 868. The molecule has 0 saturated carbocycles. The molecule has 1 aromatic heterocycles. The van der Waals surface area contributed by atoms with Gasteiger partial charge in [-0.15, -0.1) is 6.42 Å². The molecule has 1 aliphatic rings. The lowest BCUT2D eigenvalue weighted by Crippen LogP contribution is -2.53. The normalized spacial score (nSPS) is 14.4. The second-order valence-electron chi connectivity index (χ2n) is 6.20. The zero-order valence-corrected chi connectivity index (χ0v) is 15.8. The second kappa shape index (κ2) is 9.37. The summed E-state index contributed by atoms with van der Waals surface area (Å²) < 4.78 is 0. The van der Waals surface area contributed by atoms with Gasteiger partial charge in [-0.2, -0.15) is 0 Å². The topological polar surface area (TPSA) is 85.8 Å². The minimum Gasteiger partial charge on any atom is -0.347 e. The van der Waals surface area contributed by atoms with Gasteiger partial charge in [0.1, 0.15) is 0 Å². The number of anilines is 2. The maximum absolute atomic E-state index is 12.2. The summed E-state index contributed by atoms with van der Waals surface area (Å²) in [5.74, 6) is 3.82. The molecule has 1 saturated heterocycles. The number of rotatable bonds is 4. The van der Waals surface area contributed by atoms with E-state index in [0.29, 0.717) is 11.6 Å². The maximum Gasteiger partial charge on any atom is 0.243 e. The van der Waals surface area contributed by atoms with Gasteiger partial charge in [-0.25, -0.2) is 9.97 Å². The summed E-state index contributed by atoms with van der Waals surface area (Å²) in [6.07, 6.45) is 8.87. The van der Waals surface area contributed by atoms with Gasteiger partial charge in [0.25, 0.3) is 0 Å². The fourth-order valence-electron chi connectivity index (χ4n) is 2.96. The quantitative estimate of drug-likeness (QED) is 0.466. The molecule has 0 aliphatic carbocycles. The Labute approximate surface area is 164 Å². The summed E-state index contributed by atoms with van der Waals surface area (Å²) in [6, 6.07) is 9.00. The van der Waals surface area contributed by atoms with Gasteiger partial charge in [0.2, 0.25) is 11.9 Å². The van der Waals surface area contributed by atoms with Crippen molar-refractivity contribution < 1.29 is 4.79 Å². The number of nitrogens with zero attached hydrogens (tertiary/aromatic N) is 5. The first kappa shape index (κ1) is 19.2. The highest BCUT2D eigenvalue weighted by Gasteiger charge is 2.21. The molecule has 28 heavy (non-hydrogen) atoms. The van der Waals surface area contributed by atoms with Crippen molar-refractivity contribution in [1.82, 2.24) is 20.2 Å². The maximum atomic E-state index is 12.2. The molecule has 0 spiro atoms. The minimum absolute atomic E-state index is 0.120. The van der Waals surface area contributed by atoms with Crippen LogP contribution < -0.4 is 15.5 Å². The zero-order valence-electron chi connectivity index (χ0n) is 15.8. The molecule has 0 radical (unpaired) electrons. The number of guanidine groups is 1. The Morgan fingerprint density at radius 3 is 2.64 bits per heavy atom. The van der Waals surface area contributed by atoms with Gasteiger partial charge in [0.05, 0.1) is 6.54 Å². The van der Waals surface area contributed by atoms with E-state index in [0.717, 1.165) is 37.7 Å². The number of amides is 1. The Hall–Kier alpha value is -3.60. The monoisotopic (exact) mass is 377 g/mol. The highest BCUT2D eigenvalue weighted by Crippen LogP contribution is 2.10. The third kappa shape index (κ3) is 4.98. The predicted octanol–water partition coefficient (Wildman–Crippen LogP) is 0.794. The number of hydrogen-bond acceptors (Lipinski definition) is 5. The van der Waals surface area contributed by atoms with E-state index in [9.17, 15) is 4.79 Å². The van der Waals surface area contributed by atoms with E-state index in [-0.39, 0.29) is 12.5 Å². The largest absolute Gasteiger partial charge is 0.347 e. The van der Waals surface area contributed by atoms with Gasteiger partial charge in [-0.1, -0.05) is 12.0 Å². The number of benzene rings is 1. The van der Waals surface area contributed by atoms with Crippen molar-refractivity contribution in [3.8, 4) is 12.3 Å². The Kier molecular flexibility index (Phi) is 6.41. The van der Waals surface area contributed by atoms with Crippen molar-refractivity contribution in [2.75, 3.05) is 50.0 Å². The number of aromatic nitrogens is 2. The van der Waals surface area contributed by atoms with Gasteiger partial charge >= 0.3 is 0 Å². The molecule has 2 N–H and O–H groups in total. The lowest BCUT2D eigenvalue weighted by atomic mass is 10.2. The number of piperazine rings is 1. The average Bonchev–Trinajstić information content (AvgIpc) is 2.75. The van der Waals surface area contributed by atoms with E-state index in [2.05, 4.69) is 41.3 Å². The first-order valence-corrected chi connectivity index (χ1v) is 9.03. The van der Waals surface area contributed by atoms with E-state index in [1.54, 1.807) is 37.6 Å². The number of carbonyl (C=O) groups excluding carboxylic acids is 1. The van der Waals surface area contributed by atoms with Crippen LogP contribution in [-0.2, 0) is 4.79 Å². The van der Waals surface area contributed by atoms with E-state index in [4.69, 9.17) is 6.42 Å². The van der Waals surface area contributed by atoms with Crippen molar-refractivity contribution in [3.63, 3.8) is 0 Å². The molecule has 1 fully saturated rings. The van der Waals surface area contributed by atoms with Crippen LogP contribution >= 0.6 is 0 Å². The zero-order chi connectivity index (χ0) is 19.8. The summed E-state index contributed by atoms with van der Waals surface area (Å²) >= 11 is 0. The first-order valence-electron chi connectivity index (χ1n) is 9.03. The molecule has 8 heteroatoms. The Morgan fingerprint density at radius 1 is 1.21 bits per heavy atom. The molecule has 2 aromatic rings. The molecule has 1 aromatic carbocycles. The lowest BCUT2D eigenvalue weighted by molar-refractivity contribution is -0.115. The number of carbonyl (C=O) groups is 1. The van der Waals surface area contributed by atoms with Crippen LogP contribution in [-0.4, -0.2) is 66.5 Å². The van der Waals surface area contributed by atoms with E-state index in [1.807, 2.05) is 12.1 Å². The van der Waals surface area contributed by atoms with E-state index >= 15 is 0 Å². The molecule has 0 bridgehead atoms. The molecule has 144 valence electrons. The van der Waals surface area contributed by atoms with Crippen molar-refractivity contribution in [3.05, 3.63) is 48.3 Å². The van der Waals surface area contributed by atoms with Crippen LogP contribution in [0, 0.1) is 12.3 Å². The highest BCUT2D eigenvalue weighted by molar-refractivity contribution is 5.95. The Balaban J connectivity index is 1.48. The number of aliphatic imine (C=N–C) groups is 1. The SMILES string of the molecule is C#Cc1cccc(NC(=O)CNC(=NC)N2CCN(c3ncccn3)CC2)c1. The molecule has 0 unspecified atom stereocenters. The van der Waals surface area contributed by atoms with E-state index < -0.39 is 0 Å². The molecule has 1 aliphatic heterocycles. The number of terminal acetylenes is 1. The van der Waals surface area contributed by atoms with Crippen molar-refractivity contribution >= 4 is 23.5 Å². The van der Waals surface area contributed by atoms with Gasteiger partial charge in [-0.05, 0) is 24.3 Å². The predicted molar refractivity (Wildman–Crippen MR) is 110 cm³/mol. The molecule has 3 rings (SSSR count). The first-order chi connectivity index (χ1) is 13.7. The molecular formula is C20H23N7O. The standard InChI is InChI=1S/C20H23N7O/c1-3-16-6-4-7-17(14-16)25-18(28)15-24-19(21-2)26-10-12-27(13-11-26)20-22-8-5-9-23-20/h1,4-9,14H,10-13,15H2,2H3,(H,21,24)(H,25,28). The third-order valence-electron chi connectivity index (χ3n) is 4.35. The van der Waals surface area contributed by atoms with Crippen molar-refractivity contribution in [2.45, 2.75) is 0 Å². The van der Waals surface area contributed by atoms with Gasteiger partial charge in [-0.3, -0.25) is 9.79 Å². The van der Waals surface area contributed by atoms with Crippen LogP contribution in [0.3, 0.4) is 0 Å². The third-order valence-corrected chi connectivity index (χ3v) is 4.35. The minimum atomic E-state index is -0.161. The molecule has 8 nitrogen and oxygen atoms in total. The second-order valence-corrected chi connectivity index (χ2v) is 6.20. The van der Waals surface area contributed by atoms with Crippen LogP contribution in [0.5, 0.6) is 0 Å². The van der Waals surface area contributed by atoms with Crippen LogP contribution in [0.2, 0.25) is 0 Å². The van der Waals surface area contributed by atoms with E-state index in [1.165, 1.54) is 0 Å². The Morgan fingerprint density at radius 2 is 1.96 bits per heavy atom. The molecule has 2 heterocycles. The van der Waals surface area contributed by atoms with Gasteiger partial charge in [0, 0.05) is 56.9 Å². The summed E-state index contributed by atoms with van der Waals surface area (Å²) in [4.78, 5) is 29.3. The molecular weight excluding hydrogens is 354 g/mol. The summed E-state index contributed by atoms with van der Waals surface area (Å²) in [5, 5.41) is 5.95. The molecule has 0 atom stereocenters. The van der Waals surface area contributed by atoms with Crippen LogP contribution in [0.25, 0.3) is 0 Å². The number of hydrogen-bond donors (Lipinski definition) is 2. The summed E-state index contributed by atoms with van der Waals surface area (Å²) in [7, 11) is 1.71. The smallest absolute Gasteiger partial charge is 0.243 e.